The molecule has 1 fully saturated rings. The lowest BCUT2D eigenvalue weighted by atomic mass is 10.1. The first-order valence-electron chi connectivity index (χ1n) is 6.18. The highest BCUT2D eigenvalue weighted by Gasteiger charge is 2.27. The molecule has 0 unspecified atom stereocenters. The summed E-state index contributed by atoms with van der Waals surface area (Å²) in [6, 6.07) is 4.70. The van der Waals surface area contributed by atoms with Gasteiger partial charge in [0.05, 0.1) is 11.7 Å². The van der Waals surface area contributed by atoms with E-state index in [4.69, 9.17) is 9.84 Å². The number of aryl methyl sites for hydroxylation is 1. The van der Waals surface area contributed by atoms with E-state index in [1.54, 1.807) is 31.1 Å². The van der Waals surface area contributed by atoms with Gasteiger partial charge in [0.2, 0.25) is 0 Å². The molecule has 5 heteroatoms. The Labute approximate surface area is 111 Å². The van der Waals surface area contributed by atoms with Gasteiger partial charge >= 0.3 is 5.97 Å². The van der Waals surface area contributed by atoms with Crippen molar-refractivity contribution in [3.05, 3.63) is 34.9 Å². The average molecular weight is 263 g/mol. The normalized spacial score (nSPS) is 18.6. The van der Waals surface area contributed by atoms with Gasteiger partial charge in [0.15, 0.2) is 0 Å². The van der Waals surface area contributed by atoms with Crippen LogP contribution in [0.3, 0.4) is 0 Å². The number of nitrogens with zero attached hydrogens (tertiary/aromatic N) is 1. The molecule has 102 valence electrons. The summed E-state index contributed by atoms with van der Waals surface area (Å²) in [7, 11) is 1.63. The minimum atomic E-state index is -1.02. The van der Waals surface area contributed by atoms with E-state index in [0.717, 1.165) is 12.0 Å². The summed E-state index contributed by atoms with van der Waals surface area (Å²) < 4.78 is 5.23. The van der Waals surface area contributed by atoms with E-state index in [-0.39, 0.29) is 17.6 Å². The maximum atomic E-state index is 12.3. The number of hydrogen-bond donors (Lipinski definition) is 1. The van der Waals surface area contributed by atoms with Gasteiger partial charge in [-0.25, -0.2) is 4.79 Å². The Bertz CT molecular complexity index is 512. The van der Waals surface area contributed by atoms with Crippen LogP contribution in [0, 0.1) is 6.92 Å². The van der Waals surface area contributed by atoms with Crippen molar-refractivity contribution in [2.45, 2.75) is 19.4 Å². The average Bonchev–Trinajstić information content (AvgIpc) is 2.85. The van der Waals surface area contributed by atoms with Crippen molar-refractivity contribution in [2.24, 2.45) is 0 Å². The molecule has 1 saturated heterocycles. The lowest BCUT2D eigenvalue weighted by Gasteiger charge is -2.16. The summed E-state index contributed by atoms with van der Waals surface area (Å²) in [6.07, 6.45) is 0.896. The number of carbonyl (C=O) groups is 2. The first-order chi connectivity index (χ1) is 9.01. The third kappa shape index (κ3) is 2.93. The summed E-state index contributed by atoms with van der Waals surface area (Å²) in [5, 5.41) is 9.02. The van der Waals surface area contributed by atoms with Gasteiger partial charge in [-0.2, -0.15) is 0 Å². The lowest BCUT2D eigenvalue weighted by molar-refractivity contribution is 0.0696. The minimum absolute atomic E-state index is 0.0766. The Balaban J connectivity index is 2.22. The topological polar surface area (TPSA) is 66.8 Å². The van der Waals surface area contributed by atoms with Crippen molar-refractivity contribution in [1.29, 1.82) is 0 Å². The zero-order valence-electron chi connectivity index (χ0n) is 11.0. The van der Waals surface area contributed by atoms with Gasteiger partial charge in [0.25, 0.3) is 5.91 Å². The molecule has 5 nitrogen and oxygen atoms in total. The van der Waals surface area contributed by atoms with Gasteiger partial charge in [-0.3, -0.25) is 4.79 Å². The molecule has 0 radical (unpaired) electrons. The maximum Gasteiger partial charge on any atom is 0.335 e. The van der Waals surface area contributed by atoms with Crippen molar-refractivity contribution >= 4 is 11.9 Å². The van der Waals surface area contributed by atoms with Crippen molar-refractivity contribution < 1.29 is 19.4 Å². The lowest BCUT2D eigenvalue weighted by Crippen LogP contribution is -2.30. The van der Waals surface area contributed by atoms with E-state index in [2.05, 4.69) is 0 Å². The van der Waals surface area contributed by atoms with Crippen LogP contribution in [0.15, 0.2) is 18.2 Å². The highest BCUT2D eigenvalue weighted by Crippen LogP contribution is 2.17. The van der Waals surface area contributed by atoms with E-state index in [0.29, 0.717) is 18.7 Å². The molecule has 1 heterocycles. The Morgan fingerprint density at radius 2 is 2.00 bits per heavy atom. The highest BCUT2D eigenvalue weighted by atomic mass is 16.5. The molecule has 0 bridgehead atoms. The third-order valence-corrected chi connectivity index (χ3v) is 3.34. The van der Waals surface area contributed by atoms with Crippen LogP contribution in [-0.4, -0.2) is 48.2 Å². The zero-order chi connectivity index (χ0) is 14.0. The quantitative estimate of drug-likeness (QED) is 0.898. The number of amides is 1. The van der Waals surface area contributed by atoms with Crippen LogP contribution in [0.2, 0.25) is 0 Å². The number of aromatic carboxylic acids is 1. The molecule has 2 rings (SSSR count). The second kappa shape index (κ2) is 5.40. The van der Waals surface area contributed by atoms with Gasteiger partial charge < -0.3 is 14.7 Å². The van der Waals surface area contributed by atoms with Crippen LogP contribution in [0.1, 0.15) is 32.7 Å². The number of likely N-dealkylation sites (tertiary alicyclic amines) is 1. The number of carboxylic acids is 1. The number of rotatable bonds is 3. The first kappa shape index (κ1) is 13.5. The SMILES string of the molecule is CO[C@H]1CCN(C(=O)c2cc(C)cc(C(=O)O)c2)C1. The van der Waals surface area contributed by atoms with Crippen LogP contribution < -0.4 is 0 Å². The molecule has 0 saturated carbocycles. The van der Waals surface area contributed by atoms with Gasteiger partial charge in [0.1, 0.15) is 0 Å². The van der Waals surface area contributed by atoms with Gasteiger partial charge in [-0.05, 0) is 37.1 Å². The molecular weight excluding hydrogens is 246 g/mol. The Morgan fingerprint density at radius 1 is 1.32 bits per heavy atom. The molecule has 0 aliphatic carbocycles. The summed E-state index contributed by atoms with van der Waals surface area (Å²) in [6.45, 7) is 2.99. The number of methoxy groups -OCH3 is 1. The monoisotopic (exact) mass is 263 g/mol. The van der Waals surface area contributed by atoms with E-state index >= 15 is 0 Å². The molecule has 1 aromatic rings. The fourth-order valence-electron chi connectivity index (χ4n) is 2.32. The standard InChI is InChI=1S/C14H17NO4/c1-9-5-10(7-11(6-9)14(17)18)13(16)15-4-3-12(8-15)19-2/h5-7,12H,3-4,8H2,1-2H3,(H,17,18)/t12-/m0/s1. The number of ether oxygens (including phenoxy) is 1. The molecule has 19 heavy (non-hydrogen) atoms. The van der Waals surface area contributed by atoms with Crippen LogP contribution in [0.5, 0.6) is 0 Å². The molecular formula is C14H17NO4. The molecule has 1 atom stereocenters. The summed E-state index contributed by atoms with van der Waals surface area (Å²) in [5.74, 6) is -1.15. The Kier molecular flexibility index (Phi) is 3.85. The van der Waals surface area contributed by atoms with Gasteiger partial charge in [0, 0.05) is 25.8 Å². The molecule has 1 aromatic carbocycles. The summed E-state index contributed by atoms with van der Waals surface area (Å²) in [5.41, 5.74) is 1.34. The van der Waals surface area contributed by atoms with Crippen molar-refractivity contribution in [2.75, 3.05) is 20.2 Å². The number of benzene rings is 1. The van der Waals surface area contributed by atoms with Crippen LogP contribution in [0.4, 0.5) is 0 Å². The minimum Gasteiger partial charge on any atom is -0.478 e. The molecule has 1 N–H and O–H groups in total. The van der Waals surface area contributed by atoms with Gasteiger partial charge in [-0.1, -0.05) is 0 Å². The van der Waals surface area contributed by atoms with Crippen molar-refractivity contribution in [1.82, 2.24) is 4.90 Å². The van der Waals surface area contributed by atoms with E-state index in [1.807, 2.05) is 0 Å². The molecule has 1 aliphatic heterocycles. The number of carboxylic acid groups (broad SMARTS) is 1. The second-order valence-corrected chi connectivity index (χ2v) is 4.79. The largest absolute Gasteiger partial charge is 0.478 e. The highest BCUT2D eigenvalue weighted by molar-refractivity contribution is 5.98. The summed E-state index contributed by atoms with van der Waals surface area (Å²) >= 11 is 0. The maximum absolute atomic E-state index is 12.3. The van der Waals surface area contributed by atoms with Crippen LogP contribution in [0.25, 0.3) is 0 Å². The predicted molar refractivity (Wildman–Crippen MR) is 69.5 cm³/mol. The van der Waals surface area contributed by atoms with Crippen molar-refractivity contribution in [3.8, 4) is 0 Å². The zero-order valence-corrected chi connectivity index (χ0v) is 11.0. The van der Waals surface area contributed by atoms with E-state index < -0.39 is 5.97 Å². The third-order valence-electron chi connectivity index (χ3n) is 3.34. The van der Waals surface area contributed by atoms with Crippen molar-refractivity contribution in [3.63, 3.8) is 0 Å². The van der Waals surface area contributed by atoms with E-state index in [1.165, 1.54) is 6.07 Å². The Morgan fingerprint density at radius 3 is 2.58 bits per heavy atom. The molecule has 1 aliphatic rings. The number of hydrogen-bond acceptors (Lipinski definition) is 3. The fraction of sp³-hybridized carbons (Fsp3) is 0.429. The van der Waals surface area contributed by atoms with E-state index in [9.17, 15) is 9.59 Å². The molecule has 0 aromatic heterocycles. The smallest absolute Gasteiger partial charge is 0.335 e. The second-order valence-electron chi connectivity index (χ2n) is 4.79. The van der Waals surface area contributed by atoms with Crippen LogP contribution >= 0.6 is 0 Å². The molecule has 1 amide bonds. The summed E-state index contributed by atoms with van der Waals surface area (Å²) in [4.78, 5) is 25.0. The first-order valence-corrected chi connectivity index (χ1v) is 6.18. The number of carbonyl (C=O) groups excluding carboxylic acids is 1. The molecule has 0 spiro atoms. The fourth-order valence-corrected chi connectivity index (χ4v) is 2.32. The predicted octanol–water partition coefficient (Wildman–Crippen LogP) is 1.55. The van der Waals surface area contributed by atoms with Crippen LogP contribution in [-0.2, 0) is 4.74 Å². The Hall–Kier alpha value is -1.88. The van der Waals surface area contributed by atoms with Gasteiger partial charge in [-0.15, -0.1) is 0 Å².